The summed E-state index contributed by atoms with van der Waals surface area (Å²) < 4.78 is 6.04. The minimum Gasteiger partial charge on any atom is -0.365 e. The summed E-state index contributed by atoms with van der Waals surface area (Å²) in [5, 5.41) is 6.39. The van der Waals surface area contributed by atoms with Gasteiger partial charge in [-0.05, 0) is 36.0 Å². The Morgan fingerprint density at radius 3 is 2.75 bits per heavy atom. The zero-order valence-corrected chi connectivity index (χ0v) is 15.3. The Kier molecular flexibility index (Phi) is 7.53. The van der Waals surface area contributed by atoms with E-state index in [-0.39, 0.29) is 30.5 Å². The van der Waals surface area contributed by atoms with E-state index in [1.807, 2.05) is 6.92 Å². The number of benzene rings is 1. The van der Waals surface area contributed by atoms with E-state index in [1.54, 1.807) is 0 Å². The Labute approximate surface area is 151 Å². The molecule has 134 valence electrons. The van der Waals surface area contributed by atoms with Crippen LogP contribution in [0, 0.1) is 0 Å². The molecule has 1 saturated carbocycles. The predicted molar refractivity (Wildman–Crippen MR) is 98.1 cm³/mol. The van der Waals surface area contributed by atoms with Gasteiger partial charge >= 0.3 is 0 Å². The molecule has 1 unspecified atom stereocenters. The normalized spacial score (nSPS) is 18.5. The number of fused-ring (bicyclic) bond motifs is 1. The number of amides is 1. The molecule has 4 nitrogen and oxygen atoms in total. The molecule has 2 aliphatic rings. The van der Waals surface area contributed by atoms with Crippen LogP contribution in [0.15, 0.2) is 18.2 Å². The van der Waals surface area contributed by atoms with Crippen molar-refractivity contribution < 1.29 is 9.53 Å². The maximum Gasteiger partial charge on any atom is 0.249 e. The molecule has 0 saturated heterocycles. The fourth-order valence-electron chi connectivity index (χ4n) is 3.54. The molecule has 1 atom stereocenters. The molecule has 5 heteroatoms. The molecular weight excluding hydrogens is 324 g/mol. The summed E-state index contributed by atoms with van der Waals surface area (Å²) in [6.07, 6.45) is 6.65. The van der Waals surface area contributed by atoms with Crippen LogP contribution in [0.1, 0.15) is 62.1 Å². The van der Waals surface area contributed by atoms with E-state index >= 15 is 0 Å². The second-order valence-corrected chi connectivity index (χ2v) is 6.72. The van der Waals surface area contributed by atoms with Gasteiger partial charge in [0, 0.05) is 19.6 Å². The second kappa shape index (κ2) is 9.40. The summed E-state index contributed by atoms with van der Waals surface area (Å²) in [7, 11) is 0. The van der Waals surface area contributed by atoms with Gasteiger partial charge in [0.25, 0.3) is 0 Å². The number of ether oxygens (including phenoxy) is 1. The van der Waals surface area contributed by atoms with Crippen LogP contribution in [0.2, 0.25) is 0 Å². The lowest BCUT2D eigenvalue weighted by atomic mass is 9.97. The minimum atomic E-state index is -0.311. The van der Waals surface area contributed by atoms with Crippen molar-refractivity contribution >= 4 is 18.3 Å². The molecule has 0 aromatic heterocycles. The lowest BCUT2D eigenvalue weighted by Gasteiger charge is -2.26. The van der Waals surface area contributed by atoms with E-state index in [4.69, 9.17) is 4.74 Å². The summed E-state index contributed by atoms with van der Waals surface area (Å²) in [5.41, 5.74) is 3.88. The van der Waals surface area contributed by atoms with Gasteiger partial charge in [0.1, 0.15) is 6.10 Å². The van der Waals surface area contributed by atoms with Crippen LogP contribution in [-0.4, -0.2) is 18.1 Å². The summed E-state index contributed by atoms with van der Waals surface area (Å²) in [5.74, 6) is 0.0247. The van der Waals surface area contributed by atoms with Crippen molar-refractivity contribution in [3.63, 3.8) is 0 Å². The van der Waals surface area contributed by atoms with Crippen molar-refractivity contribution in [3.8, 4) is 0 Å². The zero-order valence-electron chi connectivity index (χ0n) is 14.5. The fraction of sp³-hybridized carbons (Fsp3) is 0.632. The Balaban J connectivity index is 0.00000208. The van der Waals surface area contributed by atoms with E-state index in [2.05, 4.69) is 28.8 Å². The molecule has 1 amide bonds. The molecule has 1 heterocycles. The summed E-state index contributed by atoms with van der Waals surface area (Å²) in [4.78, 5) is 12.4. The van der Waals surface area contributed by atoms with Crippen molar-refractivity contribution in [2.45, 2.75) is 77.3 Å². The van der Waals surface area contributed by atoms with Gasteiger partial charge in [-0.25, -0.2) is 0 Å². The molecule has 1 aromatic rings. The topological polar surface area (TPSA) is 50.4 Å². The van der Waals surface area contributed by atoms with Crippen LogP contribution < -0.4 is 10.6 Å². The first kappa shape index (κ1) is 19.2. The first-order valence-corrected chi connectivity index (χ1v) is 9.01. The van der Waals surface area contributed by atoms with Gasteiger partial charge < -0.3 is 15.4 Å². The number of halogens is 1. The quantitative estimate of drug-likeness (QED) is 0.824. The number of hydrogen-bond donors (Lipinski definition) is 2. The fourth-order valence-corrected chi connectivity index (χ4v) is 3.54. The highest BCUT2D eigenvalue weighted by Gasteiger charge is 2.23. The highest BCUT2D eigenvalue weighted by atomic mass is 35.5. The Morgan fingerprint density at radius 1 is 1.25 bits per heavy atom. The van der Waals surface area contributed by atoms with Crippen molar-refractivity contribution in [1.29, 1.82) is 0 Å². The SMILES string of the molecule is CCC(OC1CCCCC1)C(=O)NCc1ccc2c(c1)CNC2.Cl. The van der Waals surface area contributed by atoms with Gasteiger partial charge in [0.15, 0.2) is 0 Å². The Bertz CT molecular complexity index is 544. The van der Waals surface area contributed by atoms with Crippen molar-refractivity contribution in [1.82, 2.24) is 10.6 Å². The molecule has 24 heavy (non-hydrogen) atoms. The van der Waals surface area contributed by atoms with Crippen LogP contribution >= 0.6 is 12.4 Å². The maximum atomic E-state index is 12.4. The second-order valence-electron chi connectivity index (χ2n) is 6.72. The van der Waals surface area contributed by atoms with E-state index in [1.165, 1.54) is 30.4 Å². The van der Waals surface area contributed by atoms with Crippen molar-refractivity contribution in [2.24, 2.45) is 0 Å². The van der Waals surface area contributed by atoms with Crippen LogP contribution in [0.25, 0.3) is 0 Å². The molecule has 1 fully saturated rings. The molecule has 1 aliphatic heterocycles. The molecule has 2 N–H and O–H groups in total. The summed E-state index contributed by atoms with van der Waals surface area (Å²) in [6, 6.07) is 6.46. The summed E-state index contributed by atoms with van der Waals surface area (Å²) in [6.45, 7) is 4.49. The molecule has 0 radical (unpaired) electrons. The minimum absolute atomic E-state index is 0. The van der Waals surface area contributed by atoms with Crippen LogP contribution in [0.3, 0.4) is 0 Å². The third-order valence-electron chi connectivity index (χ3n) is 4.94. The molecule has 1 aromatic carbocycles. The monoisotopic (exact) mass is 352 g/mol. The van der Waals surface area contributed by atoms with Gasteiger partial charge in [-0.3, -0.25) is 4.79 Å². The van der Waals surface area contributed by atoms with Gasteiger partial charge in [-0.2, -0.15) is 0 Å². The predicted octanol–water partition coefficient (Wildman–Crippen LogP) is 3.46. The third-order valence-corrected chi connectivity index (χ3v) is 4.94. The van der Waals surface area contributed by atoms with E-state index in [0.29, 0.717) is 6.54 Å². The van der Waals surface area contributed by atoms with Gasteiger partial charge in [0.2, 0.25) is 5.91 Å². The largest absolute Gasteiger partial charge is 0.365 e. The zero-order chi connectivity index (χ0) is 16.1. The van der Waals surface area contributed by atoms with E-state index in [0.717, 1.165) is 37.9 Å². The lowest BCUT2D eigenvalue weighted by Crippen LogP contribution is -2.38. The number of nitrogens with one attached hydrogen (secondary N) is 2. The molecule has 1 aliphatic carbocycles. The number of rotatable bonds is 6. The molecule has 0 bridgehead atoms. The average molecular weight is 353 g/mol. The standard InChI is InChI=1S/C19H28N2O2.ClH/c1-2-18(23-17-6-4-3-5-7-17)19(22)21-11-14-8-9-15-12-20-13-16(15)10-14;/h8-10,17-18,20H,2-7,11-13H2,1H3,(H,21,22);1H. The van der Waals surface area contributed by atoms with Gasteiger partial charge in [-0.15, -0.1) is 12.4 Å². The summed E-state index contributed by atoms with van der Waals surface area (Å²) >= 11 is 0. The van der Waals surface area contributed by atoms with Crippen LogP contribution in [-0.2, 0) is 29.2 Å². The average Bonchev–Trinajstić information content (AvgIpc) is 3.06. The highest BCUT2D eigenvalue weighted by Crippen LogP contribution is 2.22. The number of hydrogen-bond acceptors (Lipinski definition) is 3. The first-order valence-electron chi connectivity index (χ1n) is 9.01. The number of carbonyl (C=O) groups is 1. The maximum absolute atomic E-state index is 12.4. The Morgan fingerprint density at radius 2 is 2.00 bits per heavy atom. The Hall–Kier alpha value is -1.10. The van der Waals surface area contributed by atoms with Crippen molar-refractivity contribution in [3.05, 3.63) is 34.9 Å². The number of carbonyl (C=O) groups excluding carboxylic acids is 1. The highest BCUT2D eigenvalue weighted by molar-refractivity contribution is 5.85. The van der Waals surface area contributed by atoms with Gasteiger partial charge in [-0.1, -0.05) is 44.4 Å². The molecule has 3 rings (SSSR count). The molecular formula is C19H29ClN2O2. The van der Waals surface area contributed by atoms with Crippen molar-refractivity contribution in [2.75, 3.05) is 0 Å². The lowest BCUT2D eigenvalue weighted by molar-refractivity contribution is -0.138. The smallest absolute Gasteiger partial charge is 0.249 e. The molecule has 0 spiro atoms. The van der Waals surface area contributed by atoms with Gasteiger partial charge in [0.05, 0.1) is 6.10 Å². The van der Waals surface area contributed by atoms with E-state index < -0.39 is 0 Å². The van der Waals surface area contributed by atoms with Crippen LogP contribution in [0.4, 0.5) is 0 Å². The van der Waals surface area contributed by atoms with E-state index in [9.17, 15) is 4.79 Å². The third kappa shape index (κ3) is 4.95. The van der Waals surface area contributed by atoms with Crippen LogP contribution in [0.5, 0.6) is 0 Å². The first-order chi connectivity index (χ1) is 11.3.